The van der Waals surface area contributed by atoms with Gasteiger partial charge in [-0.15, -0.1) is 0 Å². The van der Waals surface area contributed by atoms with Crippen LogP contribution in [0.1, 0.15) is 5.56 Å². The van der Waals surface area contributed by atoms with Crippen LogP contribution < -0.4 is 5.32 Å². The number of benzene rings is 1. The van der Waals surface area contributed by atoms with Gasteiger partial charge in [-0.05, 0) is 11.6 Å². The molecule has 0 saturated carbocycles. The van der Waals surface area contributed by atoms with E-state index >= 15 is 0 Å². The van der Waals surface area contributed by atoms with Crippen molar-refractivity contribution in [3.8, 4) is 0 Å². The molecule has 0 aliphatic heterocycles. The zero-order valence-electron chi connectivity index (χ0n) is 8.11. The second kappa shape index (κ2) is 6.37. The Hall–Kier alpha value is -1.13. The number of hydrogen-bond acceptors (Lipinski definition) is 2. The van der Waals surface area contributed by atoms with Gasteiger partial charge < -0.3 is 10.4 Å². The molecule has 0 atom stereocenters. The lowest BCUT2D eigenvalue weighted by molar-refractivity contribution is -0.131. The van der Waals surface area contributed by atoms with Gasteiger partial charge in [0.25, 0.3) is 0 Å². The molecule has 1 aromatic rings. The average molecular weight is 270 g/mol. The summed E-state index contributed by atoms with van der Waals surface area (Å²) < 4.78 is 1.06. The van der Waals surface area contributed by atoms with E-state index in [4.69, 9.17) is 5.11 Å². The summed E-state index contributed by atoms with van der Waals surface area (Å²) >= 11 is 3.44. The van der Waals surface area contributed by atoms with Crippen molar-refractivity contribution in [2.24, 2.45) is 0 Å². The summed E-state index contributed by atoms with van der Waals surface area (Å²) in [5.74, 6) is -0.919. The summed E-state index contributed by atoms with van der Waals surface area (Å²) in [5, 5.41) is 11.5. The first-order valence-electron chi connectivity index (χ1n) is 4.53. The molecule has 0 heterocycles. The molecule has 0 aliphatic rings. The Bertz CT molecular complexity index is 363. The standard InChI is InChI=1S/C11H12BrNO2/c12-10-5-2-1-4-9(10)8-13-7-3-6-11(14)15/h1-6,13H,7-8H2,(H,14,15)/b6-3+. The monoisotopic (exact) mass is 269 g/mol. The van der Waals surface area contributed by atoms with Crippen molar-refractivity contribution in [3.63, 3.8) is 0 Å². The highest BCUT2D eigenvalue weighted by molar-refractivity contribution is 9.10. The van der Waals surface area contributed by atoms with Gasteiger partial charge in [-0.3, -0.25) is 0 Å². The van der Waals surface area contributed by atoms with Crippen molar-refractivity contribution in [2.75, 3.05) is 6.54 Å². The first-order valence-corrected chi connectivity index (χ1v) is 5.33. The van der Waals surface area contributed by atoms with Gasteiger partial charge >= 0.3 is 5.97 Å². The van der Waals surface area contributed by atoms with E-state index in [1.165, 1.54) is 0 Å². The molecule has 0 unspecified atom stereocenters. The molecule has 0 amide bonds. The van der Waals surface area contributed by atoms with E-state index < -0.39 is 5.97 Å². The van der Waals surface area contributed by atoms with Crippen LogP contribution in [-0.2, 0) is 11.3 Å². The molecule has 1 rings (SSSR count). The highest BCUT2D eigenvalue weighted by Crippen LogP contribution is 2.14. The third-order valence-corrected chi connectivity index (χ3v) is 2.57. The maximum atomic E-state index is 10.2. The number of carboxylic acids is 1. The third-order valence-electron chi connectivity index (χ3n) is 1.80. The molecule has 0 saturated heterocycles. The quantitative estimate of drug-likeness (QED) is 0.637. The van der Waals surface area contributed by atoms with E-state index in [-0.39, 0.29) is 0 Å². The molecule has 1 aromatic carbocycles. The van der Waals surface area contributed by atoms with Gasteiger partial charge in [0.2, 0.25) is 0 Å². The van der Waals surface area contributed by atoms with Crippen LogP contribution in [0.2, 0.25) is 0 Å². The molecule has 15 heavy (non-hydrogen) atoms. The molecular weight excluding hydrogens is 258 g/mol. The molecule has 80 valence electrons. The minimum atomic E-state index is -0.919. The van der Waals surface area contributed by atoms with Gasteiger partial charge in [0, 0.05) is 23.6 Å². The number of hydrogen-bond donors (Lipinski definition) is 2. The lowest BCUT2D eigenvalue weighted by atomic mass is 10.2. The molecule has 3 nitrogen and oxygen atoms in total. The summed E-state index contributed by atoms with van der Waals surface area (Å²) in [7, 11) is 0. The van der Waals surface area contributed by atoms with Gasteiger partial charge in [0.15, 0.2) is 0 Å². The van der Waals surface area contributed by atoms with Crippen LogP contribution in [0, 0.1) is 0 Å². The average Bonchev–Trinajstić information content (AvgIpc) is 2.20. The summed E-state index contributed by atoms with van der Waals surface area (Å²) in [6.07, 6.45) is 2.71. The van der Waals surface area contributed by atoms with E-state index in [0.717, 1.165) is 16.1 Å². The van der Waals surface area contributed by atoms with Crippen LogP contribution in [0.15, 0.2) is 40.9 Å². The molecule has 0 fully saturated rings. The molecular formula is C11H12BrNO2. The second-order valence-electron chi connectivity index (χ2n) is 2.96. The fourth-order valence-electron chi connectivity index (χ4n) is 1.09. The summed E-state index contributed by atoms with van der Waals surface area (Å²) in [5.41, 5.74) is 1.15. The first-order chi connectivity index (χ1) is 7.20. The first kappa shape index (κ1) is 11.9. The lowest BCUT2D eigenvalue weighted by Crippen LogP contribution is -2.13. The van der Waals surface area contributed by atoms with Crippen LogP contribution in [0.25, 0.3) is 0 Å². The van der Waals surface area contributed by atoms with E-state index in [2.05, 4.69) is 21.2 Å². The molecule has 0 radical (unpaired) electrons. The summed E-state index contributed by atoms with van der Waals surface area (Å²) in [4.78, 5) is 10.2. The van der Waals surface area contributed by atoms with Crippen molar-refractivity contribution in [3.05, 3.63) is 46.5 Å². The third kappa shape index (κ3) is 4.76. The Morgan fingerprint density at radius 1 is 1.47 bits per heavy atom. The van der Waals surface area contributed by atoms with Crippen LogP contribution in [0.5, 0.6) is 0 Å². The Morgan fingerprint density at radius 2 is 2.20 bits per heavy atom. The molecule has 0 bridgehead atoms. The predicted molar refractivity (Wildman–Crippen MR) is 62.6 cm³/mol. The molecule has 4 heteroatoms. The highest BCUT2D eigenvalue weighted by Gasteiger charge is 1.95. The van der Waals surface area contributed by atoms with Crippen molar-refractivity contribution >= 4 is 21.9 Å². The maximum Gasteiger partial charge on any atom is 0.328 e. The Morgan fingerprint density at radius 3 is 2.87 bits per heavy atom. The molecule has 0 aliphatic carbocycles. The summed E-state index contributed by atoms with van der Waals surface area (Å²) in [6.45, 7) is 1.26. The number of rotatable bonds is 5. The van der Waals surface area contributed by atoms with Crippen molar-refractivity contribution in [1.82, 2.24) is 5.32 Å². The largest absolute Gasteiger partial charge is 0.478 e. The number of aliphatic carboxylic acids is 1. The molecule has 2 N–H and O–H groups in total. The summed E-state index contributed by atoms with van der Waals surface area (Å²) in [6, 6.07) is 7.91. The fourth-order valence-corrected chi connectivity index (χ4v) is 1.52. The molecule has 0 spiro atoms. The van der Waals surface area contributed by atoms with Gasteiger partial charge in [-0.1, -0.05) is 40.2 Å². The van der Waals surface area contributed by atoms with Crippen LogP contribution in [0.3, 0.4) is 0 Å². The zero-order chi connectivity index (χ0) is 11.1. The van der Waals surface area contributed by atoms with Crippen molar-refractivity contribution < 1.29 is 9.90 Å². The van der Waals surface area contributed by atoms with Crippen LogP contribution >= 0.6 is 15.9 Å². The van der Waals surface area contributed by atoms with Gasteiger partial charge in [-0.25, -0.2) is 4.79 Å². The second-order valence-corrected chi connectivity index (χ2v) is 3.82. The van der Waals surface area contributed by atoms with Crippen molar-refractivity contribution in [1.29, 1.82) is 0 Å². The van der Waals surface area contributed by atoms with Gasteiger partial charge in [-0.2, -0.15) is 0 Å². The van der Waals surface area contributed by atoms with Crippen LogP contribution in [0.4, 0.5) is 0 Å². The predicted octanol–water partition coefficient (Wildman–Crippen LogP) is 2.18. The minimum absolute atomic E-state index is 0.549. The van der Waals surface area contributed by atoms with Gasteiger partial charge in [0.1, 0.15) is 0 Å². The number of nitrogens with one attached hydrogen (secondary N) is 1. The smallest absolute Gasteiger partial charge is 0.328 e. The molecule has 0 aromatic heterocycles. The van der Waals surface area contributed by atoms with Crippen molar-refractivity contribution in [2.45, 2.75) is 6.54 Å². The number of carbonyl (C=O) groups is 1. The SMILES string of the molecule is O=C(O)/C=C/CNCc1ccccc1Br. The van der Waals surface area contributed by atoms with E-state index in [9.17, 15) is 4.79 Å². The van der Waals surface area contributed by atoms with Gasteiger partial charge in [0.05, 0.1) is 0 Å². The minimum Gasteiger partial charge on any atom is -0.478 e. The Kier molecular flexibility index (Phi) is 5.07. The number of halogens is 1. The van der Waals surface area contributed by atoms with E-state index in [1.54, 1.807) is 6.08 Å². The fraction of sp³-hybridized carbons (Fsp3) is 0.182. The highest BCUT2D eigenvalue weighted by atomic mass is 79.9. The topological polar surface area (TPSA) is 49.3 Å². The Balaban J connectivity index is 2.32. The van der Waals surface area contributed by atoms with E-state index in [0.29, 0.717) is 13.1 Å². The number of carboxylic acid groups (broad SMARTS) is 1. The van der Waals surface area contributed by atoms with E-state index in [1.807, 2.05) is 24.3 Å². The maximum absolute atomic E-state index is 10.2. The van der Waals surface area contributed by atoms with Crippen LogP contribution in [-0.4, -0.2) is 17.6 Å². The zero-order valence-corrected chi connectivity index (χ0v) is 9.70. The normalized spacial score (nSPS) is 10.7. The lowest BCUT2D eigenvalue weighted by Gasteiger charge is -2.03. The Labute approximate surface area is 96.9 Å².